The van der Waals surface area contributed by atoms with E-state index in [0.717, 1.165) is 30.4 Å². The molecule has 0 saturated heterocycles. The van der Waals surface area contributed by atoms with Gasteiger partial charge in [0.25, 0.3) is 5.22 Å². The lowest BCUT2D eigenvalue weighted by Crippen LogP contribution is -2.32. The summed E-state index contributed by atoms with van der Waals surface area (Å²) >= 11 is 1.27. The molecule has 4 rings (SSSR count). The number of hydrogen-bond donors (Lipinski definition) is 1. The molecule has 0 saturated carbocycles. The van der Waals surface area contributed by atoms with Gasteiger partial charge in [-0.15, -0.1) is 10.2 Å². The van der Waals surface area contributed by atoms with Crippen molar-refractivity contribution in [1.82, 2.24) is 15.5 Å². The lowest BCUT2D eigenvalue weighted by molar-refractivity contribution is -0.119. The molecule has 1 heterocycles. The van der Waals surface area contributed by atoms with Crippen LogP contribution in [0.25, 0.3) is 11.5 Å². The molecule has 0 fully saturated rings. The minimum atomic E-state index is -0.0167. The molecule has 0 aliphatic heterocycles. The summed E-state index contributed by atoms with van der Waals surface area (Å²) in [7, 11) is 0. The van der Waals surface area contributed by atoms with E-state index in [1.807, 2.05) is 37.3 Å². The topological polar surface area (TPSA) is 68.0 Å². The van der Waals surface area contributed by atoms with Crippen molar-refractivity contribution in [2.45, 2.75) is 37.5 Å². The molecule has 6 heteroatoms. The van der Waals surface area contributed by atoms with E-state index in [4.69, 9.17) is 4.42 Å². The van der Waals surface area contributed by atoms with E-state index in [2.05, 4.69) is 33.7 Å². The smallest absolute Gasteiger partial charge is 0.277 e. The molecule has 1 atom stereocenters. The van der Waals surface area contributed by atoms with Crippen LogP contribution in [-0.2, 0) is 11.2 Å². The monoisotopic (exact) mass is 379 g/mol. The number of hydrogen-bond acceptors (Lipinski definition) is 5. The van der Waals surface area contributed by atoms with Gasteiger partial charge in [-0.3, -0.25) is 4.79 Å². The predicted molar refractivity (Wildman–Crippen MR) is 105 cm³/mol. The average Bonchev–Trinajstić information content (AvgIpc) is 3.16. The summed E-state index contributed by atoms with van der Waals surface area (Å²) in [4.78, 5) is 12.4. The summed E-state index contributed by atoms with van der Waals surface area (Å²) in [6.45, 7) is 2.02. The highest BCUT2D eigenvalue weighted by Crippen LogP contribution is 2.30. The molecule has 0 radical (unpaired) electrons. The number of carbonyl (C=O) groups excluding carboxylic acids is 1. The van der Waals surface area contributed by atoms with Crippen molar-refractivity contribution in [3.8, 4) is 11.5 Å². The van der Waals surface area contributed by atoms with Crippen molar-refractivity contribution in [2.24, 2.45) is 0 Å². The number of nitrogens with zero attached hydrogens (tertiary/aromatic N) is 2. The Labute approximate surface area is 162 Å². The fourth-order valence-corrected chi connectivity index (χ4v) is 4.00. The molecule has 27 heavy (non-hydrogen) atoms. The Kier molecular flexibility index (Phi) is 5.25. The molecule has 3 aromatic rings. The van der Waals surface area contributed by atoms with Crippen LogP contribution in [0.2, 0.25) is 0 Å². The summed E-state index contributed by atoms with van der Waals surface area (Å²) in [5.41, 5.74) is 4.59. The Morgan fingerprint density at radius 1 is 1.22 bits per heavy atom. The van der Waals surface area contributed by atoms with Crippen LogP contribution in [0.3, 0.4) is 0 Å². The quantitative estimate of drug-likeness (QED) is 0.668. The number of benzene rings is 2. The van der Waals surface area contributed by atoms with E-state index >= 15 is 0 Å². The zero-order valence-electron chi connectivity index (χ0n) is 15.1. The summed E-state index contributed by atoms with van der Waals surface area (Å²) in [6.07, 6.45) is 3.16. The number of nitrogens with one attached hydrogen (secondary N) is 1. The highest BCUT2D eigenvalue weighted by molar-refractivity contribution is 7.99. The second-order valence-corrected chi connectivity index (χ2v) is 7.67. The van der Waals surface area contributed by atoms with Crippen LogP contribution < -0.4 is 5.32 Å². The van der Waals surface area contributed by atoms with Gasteiger partial charge in [-0.2, -0.15) is 0 Å². The second kappa shape index (κ2) is 7.96. The van der Waals surface area contributed by atoms with Crippen LogP contribution in [-0.4, -0.2) is 21.9 Å². The zero-order valence-corrected chi connectivity index (χ0v) is 16.0. The van der Waals surface area contributed by atoms with E-state index in [1.54, 1.807) is 0 Å². The molecule has 1 aromatic heterocycles. The maximum Gasteiger partial charge on any atom is 0.277 e. The van der Waals surface area contributed by atoms with Gasteiger partial charge in [-0.05, 0) is 49.4 Å². The Hall–Kier alpha value is -2.60. The molecule has 0 spiro atoms. The summed E-state index contributed by atoms with van der Waals surface area (Å²) in [5, 5.41) is 11.7. The van der Waals surface area contributed by atoms with Crippen molar-refractivity contribution in [1.29, 1.82) is 0 Å². The first-order valence-corrected chi connectivity index (χ1v) is 10.1. The standard InChI is InChI=1S/C21H21N3O2S/c1-14-6-4-9-16(12-14)20-23-24-21(26-20)27-13-19(25)22-18-11-5-8-15-7-2-3-10-17(15)18/h2-4,6-7,9-10,12,18H,5,8,11,13H2,1H3,(H,22,25)/t18-/m0/s1. The van der Waals surface area contributed by atoms with Crippen LogP contribution >= 0.6 is 11.8 Å². The number of thioether (sulfide) groups is 1. The van der Waals surface area contributed by atoms with Gasteiger partial charge < -0.3 is 9.73 Å². The molecule has 1 amide bonds. The van der Waals surface area contributed by atoms with Gasteiger partial charge in [0.2, 0.25) is 11.8 Å². The Morgan fingerprint density at radius 2 is 2.11 bits per heavy atom. The molecule has 0 unspecified atom stereocenters. The van der Waals surface area contributed by atoms with E-state index in [9.17, 15) is 4.79 Å². The first kappa shape index (κ1) is 17.8. The molecule has 1 aliphatic carbocycles. The van der Waals surface area contributed by atoms with Crippen LogP contribution in [0.15, 0.2) is 58.2 Å². The third kappa shape index (κ3) is 4.22. The minimum Gasteiger partial charge on any atom is -0.411 e. The van der Waals surface area contributed by atoms with Crippen molar-refractivity contribution in [2.75, 3.05) is 5.75 Å². The first-order chi connectivity index (χ1) is 13.2. The number of amides is 1. The Balaban J connectivity index is 1.35. The average molecular weight is 379 g/mol. The van der Waals surface area contributed by atoms with Crippen LogP contribution in [0.1, 0.15) is 35.6 Å². The van der Waals surface area contributed by atoms with Gasteiger partial charge in [0.1, 0.15) is 0 Å². The molecule has 2 aromatic carbocycles. The summed E-state index contributed by atoms with van der Waals surface area (Å²) in [6, 6.07) is 16.3. The largest absolute Gasteiger partial charge is 0.411 e. The van der Waals surface area contributed by atoms with E-state index in [-0.39, 0.29) is 17.7 Å². The number of aryl methyl sites for hydroxylation is 2. The van der Waals surface area contributed by atoms with Gasteiger partial charge in [-0.25, -0.2) is 0 Å². The maximum atomic E-state index is 12.4. The minimum absolute atomic E-state index is 0.0167. The normalized spacial score (nSPS) is 16.0. The number of aromatic nitrogens is 2. The highest BCUT2D eigenvalue weighted by atomic mass is 32.2. The zero-order chi connectivity index (χ0) is 18.6. The second-order valence-electron chi connectivity index (χ2n) is 6.74. The van der Waals surface area contributed by atoms with Crippen LogP contribution in [0.5, 0.6) is 0 Å². The molecule has 1 aliphatic rings. The molecule has 1 N–H and O–H groups in total. The maximum absolute atomic E-state index is 12.4. The van der Waals surface area contributed by atoms with E-state index in [1.165, 1.54) is 22.9 Å². The third-order valence-electron chi connectivity index (χ3n) is 4.70. The van der Waals surface area contributed by atoms with Crippen molar-refractivity contribution < 1.29 is 9.21 Å². The van der Waals surface area contributed by atoms with Crippen molar-refractivity contribution in [3.63, 3.8) is 0 Å². The number of fused-ring (bicyclic) bond motifs is 1. The van der Waals surface area contributed by atoms with Gasteiger partial charge in [0, 0.05) is 5.56 Å². The van der Waals surface area contributed by atoms with E-state index < -0.39 is 0 Å². The molecule has 138 valence electrons. The van der Waals surface area contributed by atoms with Gasteiger partial charge in [0.05, 0.1) is 11.8 Å². The number of rotatable bonds is 5. The van der Waals surface area contributed by atoms with Crippen LogP contribution in [0, 0.1) is 6.92 Å². The van der Waals surface area contributed by atoms with Crippen molar-refractivity contribution >= 4 is 17.7 Å². The lowest BCUT2D eigenvalue weighted by atomic mass is 9.88. The molecule has 0 bridgehead atoms. The molecule has 5 nitrogen and oxygen atoms in total. The lowest BCUT2D eigenvalue weighted by Gasteiger charge is -2.26. The van der Waals surface area contributed by atoms with Crippen molar-refractivity contribution in [3.05, 3.63) is 65.2 Å². The fraction of sp³-hybridized carbons (Fsp3) is 0.286. The first-order valence-electron chi connectivity index (χ1n) is 9.09. The van der Waals surface area contributed by atoms with Gasteiger partial charge in [-0.1, -0.05) is 53.7 Å². The Bertz CT molecular complexity index is 954. The SMILES string of the molecule is Cc1cccc(-c2nnc(SCC(=O)N[C@H]3CCCc4ccccc43)o2)c1. The highest BCUT2D eigenvalue weighted by Gasteiger charge is 2.21. The third-order valence-corrected chi connectivity index (χ3v) is 5.52. The van der Waals surface area contributed by atoms with Gasteiger partial charge >= 0.3 is 0 Å². The van der Waals surface area contributed by atoms with E-state index in [0.29, 0.717) is 11.1 Å². The number of carbonyl (C=O) groups is 1. The van der Waals surface area contributed by atoms with Crippen LogP contribution in [0.4, 0.5) is 0 Å². The molecular weight excluding hydrogens is 358 g/mol. The predicted octanol–water partition coefficient (Wildman–Crippen LogP) is 4.33. The summed E-state index contributed by atoms with van der Waals surface area (Å²) in [5.74, 6) is 0.716. The molecular formula is C21H21N3O2S. The fourth-order valence-electron chi connectivity index (χ4n) is 3.43. The van der Waals surface area contributed by atoms with Gasteiger partial charge in [0.15, 0.2) is 0 Å². The summed E-state index contributed by atoms with van der Waals surface area (Å²) < 4.78 is 5.68. The Morgan fingerprint density at radius 3 is 3.00 bits per heavy atom.